The number of nitrogens with zero attached hydrogens (tertiary/aromatic N) is 5. The van der Waals surface area contributed by atoms with Crippen molar-refractivity contribution in [1.82, 2.24) is 20.1 Å². The number of aromatic nitrogens is 3. The fourth-order valence-corrected chi connectivity index (χ4v) is 3.80. The summed E-state index contributed by atoms with van der Waals surface area (Å²) in [5, 5.41) is 8.14. The molecule has 35 heavy (non-hydrogen) atoms. The highest BCUT2D eigenvalue weighted by Gasteiger charge is 2.18. The molecule has 0 saturated carbocycles. The number of halogens is 2. The molecule has 182 valence electrons. The Morgan fingerprint density at radius 3 is 2.83 bits per heavy atom. The number of carbonyl (C=O) groups excluding carboxylic acids is 1. The lowest BCUT2D eigenvalue weighted by Gasteiger charge is -2.25. The van der Waals surface area contributed by atoms with Crippen molar-refractivity contribution in [2.75, 3.05) is 45.3 Å². The Morgan fingerprint density at radius 2 is 2.06 bits per heavy atom. The molecule has 0 spiro atoms. The van der Waals surface area contributed by atoms with Crippen molar-refractivity contribution in [2.45, 2.75) is 0 Å². The van der Waals surface area contributed by atoms with E-state index in [4.69, 9.17) is 22.1 Å². The van der Waals surface area contributed by atoms with Crippen molar-refractivity contribution in [1.29, 1.82) is 0 Å². The van der Waals surface area contributed by atoms with E-state index in [9.17, 15) is 9.18 Å². The Balaban J connectivity index is 1.82. The lowest BCUT2D eigenvalue weighted by molar-refractivity contribution is -0.126. The van der Waals surface area contributed by atoms with Gasteiger partial charge >= 0.3 is 0 Å². The van der Waals surface area contributed by atoms with Crippen LogP contribution in [-0.2, 0) is 9.53 Å². The molecule has 2 aromatic heterocycles. The second kappa shape index (κ2) is 10.7. The van der Waals surface area contributed by atoms with E-state index < -0.39 is 5.82 Å². The summed E-state index contributed by atoms with van der Waals surface area (Å²) in [7, 11) is 3.26. The molecule has 0 saturated heterocycles. The quantitative estimate of drug-likeness (QED) is 0.525. The molecule has 0 unspecified atom stereocenters. The standard InChI is InChI=1S/C24H25ClFN7O2/c1-28-13-15-3-6-20-17-12-22(29-14-21(17)31-30-20)33(16-4-5-19(26)18(25)11-16)8-10-35-9-7-32(2)24(34)23(15)27/h3-6,11-14H,7-10,27H2,1-2H3,(H,30,31)/b6-3+,23-15?,28-13?. The summed E-state index contributed by atoms with van der Waals surface area (Å²) in [6.07, 6.45) is 6.66. The van der Waals surface area contributed by atoms with Crippen LogP contribution in [0.3, 0.4) is 0 Å². The van der Waals surface area contributed by atoms with Gasteiger partial charge in [-0.1, -0.05) is 11.6 Å². The van der Waals surface area contributed by atoms with Crippen LogP contribution in [0.15, 0.2) is 52.8 Å². The average molecular weight is 498 g/mol. The van der Waals surface area contributed by atoms with Gasteiger partial charge in [-0.05, 0) is 36.4 Å². The van der Waals surface area contributed by atoms with E-state index in [1.165, 1.54) is 17.2 Å². The Morgan fingerprint density at radius 1 is 1.26 bits per heavy atom. The number of nitrogens with two attached hydrogens (primary N) is 1. The van der Waals surface area contributed by atoms with Crippen LogP contribution in [-0.4, -0.2) is 72.6 Å². The van der Waals surface area contributed by atoms with E-state index in [1.807, 2.05) is 11.0 Å². The fourth-order valence-electron chi connectivity index (χ4n) is 3.63. The topological polar surface area (TPSA) is 113 Å². The number of aromatic amines is 1. The zero-order valence-electron chi connectivity index (χ0n) is 19.3. The Bertz CT molecular complexity index is 1330. The first-order valence-electron chi connectivity index (χ1n) is 10.9. The number of aliphatic imine (C=N–C) groups is 1. The molecule has 0 fully saturated rings. The molecule has 4 rings (SSSR count). The van der Waals surface area contributed by atoms with Gasteiger partial charge in [0.05, 0.1) is 35.6 Å². The van der Waals surface area contributed by atoms with E-state index in [2.05, 4.69) is 20.2 Å². The number of anilines is 2. The fraction of sp³-hybridized carbons (Fsp3) is 0.250. The molecule has 0 radical (unpaired) electrons. The Labute approximate surface area is 206 Å². The largest absolute Gasteiger partial charge is 0.394 e. The van der Waals surface area contributed by atoms with Crippen LogP contribution in [0, 0.1) is 5.82 Å². The molecule has 1 amide bonds. The molecular weight excluding hydrogens is 473 g/mol. The van der Waals surface area contributed by atoms with E-state index in [-0.39, 0.29) is 16.6 Å². The summed E-state index contributed by atoms with van der Waals surface area (Å²) in [6, 6.07) is 6.38. The van der Waals surface area contributed by atoms with Crippen molar-refractivity contribution in [3.05, 3.63) is 64.3 Å². The highest BCUT2D eigenvalue weighted by molar-refractivity contribution is 6.31. The monoisotopic (exact) mass is 497 g/mol. The highest BCUT2D eigenvalue weighted by Crippen LogP contribution is 2.30. The zero-order chi connectivity index (χ0) is 24.9. The highest BCUT2D eigenvalue weighted by atomic mass is 35.5. The molecule has 3 heterocycles. The van der Waals surface area contributed by atoms with Crippen LogP contribution in [0.25, 0.3) is 17.0 Å². The van der Waals surface area contributed by atoms with Gasteiger partial charge in [-0.25, -0.2) is 9.37 Å². The van der Waals surface area contributed by atoms with E-state index in [0.717, 1.165) is 10.9 Å². The minimum atomic E-state index is -0.502. The van der Waals surface area contributed by atoms with Gasteiger partial charge in [-0.15, -0.1) is 0 Å². The number of pyridine rings is 1. The summed E-state index contributed by atoms with van der Waals surface area (Å²) >= 11 is 6.06. The van der Waals surface area contributed by atoms with Gasteiger partial charge in [-0.3, -0.25) is 14.9 Å². The van der Waals surface area contributed by atoms with Gasteiger partial charge in [0.15, 0.2) is 0 Å². The van der Waals surface area contributed by atoms with Gasteiger partial charge in [0.2, 0.25) is 0 Å². The minimum absolute atomic E-state index is 0.0122. The van der Waals surface area contributed by atoms with E-state index in [0.29, 0.717) is 49.1 Å². The molecule has 1 aliphatic heterocycles. The van der Waals surface area contributed by atoms with Crippen molar-refractivity contribution >= 4 is 52.2 Å². The third-order valence-electron chi connectivity index (χ3n) is 5.56. The number of hydrogen-bond donors (Lipinski definition) is 2. The van der Waals surface area contributed by atoms with E-state index >= 15 is 0 Å². The summed E-state index contributed by atoms with van der Waals surface area (Å²) in [5.41, 5.74) is 8.72. The number of hydrogen-bond acceptors (Lipinski definition) is 7. The number of ether oxygens (including phenoxy) is 1. The second-order valence-corrected chi connectivity index (χ2v) is 8.28. The molecule has 0 aliphatic carbocycles. The van der Waals surface area contributed by atoms with Crippen molar-refractivity contribution in [3.8, 4) is 0 Å². The van der Waals surface area contributed by atoms with E-state index in [1.54, 1.807) is 44.6 Å². The minimum Gasteiger partial charge on any atom is -0.394 e. The summed E-state index contributed by atoms with van der Waals surface area (Å²) in [5.74, 6) is -0.219. The Hall–Kier alpha value is -3.76. The number of likely N-dealkylation sites (N-methyl/N-ethyl adjacent to an activating group) is 1. The molecule has 1 aromatic carbocycles. The summed E-state index contributed by atoms with van der Waals surface area (Å²) < 4.78 is 19.6. The van der Waals surface area contributed by atoms with Crippen LogP contribution in [0.5, 0.6) is 0 Å². The van der Waals surface area contributed by atoms with Crippen molar-refractivity contribution < 1.29 is 13.9 Å². The van der Waals surface area contributed by atoms with Gasteiger partial charge in [0.25, 0.3) is 5.91 Å². The number of carbonyl (C=O) groups is 1. The zero-order valence-corrected chi connectivity index (χ0v) is 20.1. The first-order valence-corrected chi connectivity index (χ1v) is 11.3. The van der Waals surface area contributed by atoms with Gasteiger partial charge in [0, 0.05) is 50.0 Å². The first-order chi connectivity index (χ1) is 16.9. The summed E-state index contributed by atoms with van der Waals surface area (Å²) in [6.45, 7) is 1.39. The van der Waals surface area contributed by atoms with Gasteiger partial charge in [0.1, 0.15) is 17.3 Å². The molecule has 11 heteroatoms. The maximum Gasteiger partial charge on any atom is 0.270 e. The number of fused-ring (bicyclic) bond motifs is 1. The van der Waals surface area contributed by atoms with Crippen LogP contribution in [0.2, 0.25) is 5.02 Å². The average Bonchev–Trinajstić information content (AvgIpc) is 3.26. The predicted molar refractivity (Wildman–Crippen MR) is 135 cm³/mol. The van der Waals surface area contributed by atoms with Crippen molar-refractivity contribution in [3.63, 3.8) is 0 Å². The molecule has 3 N–H and O–H groups in total. The lowest BCUT2D eigenvalue weighted by Crippen LogP contribution is -2.35. The number of allylic oxidation sites excluding steroid dienone is 2. The van der Waals surface area contributed by atoms with Crippen molar-refractivity contribution in [2.24, 2.45) is 10.7 Å². The second-order valence-electron chi connectivity index (χ2n) is 7.88. The van der Waals surface area contributed by atoms with Crippen LogP contribution >= 0.6 is 11.6 Å². The number of amides is 1. The number of nitrogens with one attached hydrogen (secondary N) is 1. The maximum absolute atomic E-state index is 13.8. The molecule has 2 bridgehead atoms. The normalized spacial score (nSPS) is 17.2. The number of H-pyrrole nitrogens is 1. The smallest absolute Gasteiger partial charge is 0.270 e. The molecule has 0 atom stereocenters. The maximum atomic E-state index is 13.8. The first kappa shape index (κ1) is 24.4. The van der Waals surface area contributed by atoms with Gasteiger partial charge < -0.3 is 20.3 Å². The molecule has 9 nitrogen and oxygen atoms in total. The lowest BCUT2D eigenvalue weighted by atomic mass is 10.1. The van der Waals surface area contributed by atoms with Crippen LogP contribution < -0.4 is 10.6 Å². The summed E-state index contributed by atoms with van der Waals surface area (Å²) in [4.78, 5) is 24.8. The number of rotatable bonds is 2. The van der Waals surface area contributed by atoms with Crippen LogP contribution in [0.1, 0.15) is 5.69 Å². The van der Waals surface area contributed by atoms with Crippen LogP contribution in [0.4, 0.5) is 15.9 Å². The molecule has 1 aliphatic rings. The molecular formula is C24H25ClFN7O2. The SMILES string of the molecule is CN=CC1=C(N)C(=O)N(C)CCOCCN(c2ccc(F)c(Cl)c2)c2cc3c(n[nH]c3cn2)/C=C/1. The third-order valence-corrected chi connectivity index (χ3v) is 5.85. The molecule has 3 aromatic rings. The van der Waals surface area contributed by atoms with Gasteiger partial charge in [-0.2, -0.15) is 5.10 Å². The predicted octanol–water partition coefficient (Wildman–Crippen LogP) is 3.30. The Kier molecular flexibility index (Phi) is 7.42. The number of benzene rings is 1. The third kappa shape index (κ3) is 5.33.